The number of ether oxygens (including phenoxy) is 2. The lowest BCUT2D eigenvalue weighted by molar-refractivity contribution is 0.0902. The number of aromatic nitrogens is 1. The van der Waals surface area contributed by atoms with Crippen LogP contribution in [-0.4, -0.2) is 57.4 Å². The Balaban J connectivity index is 1.79. The van der Waals surface area contributed by atoms with Crippen molar-refractivity contribution in [1.29, 1.82) is 0 Å². The van der Waals surface area contributed by atoms with E-state index in [9.17, 15) is 14.0 Å². The fourth-order valence-electron chi connectivity index (χ4n) is 3.45. The summed E-state index contributed by atoms with van der Waals surface area (Å²) in [5, 5.41) is 2.51. The molecule has 0 spiro atoms. The van der Waals surface area contributed by atoms with Gasteiger partial charge < -0.3 is 14.8 Å². The minimum atomic E-state index is -0.577. The van der Waals surface area contributed by atoms with Crippen molar-refractivity contribution >= 4 is 41.8 Å². The average molecular weight is 523 g/mol. The van der Waals surface area contributed by atoms with Gasteiger partial charge in [0, 0.05) is 41.7 Å². The molecule has 3 rings (SSSR count). The first-order valence-electron chi connectivity index (χ1n) is 10.9. The van der Waals surface area contributed by atoms with Crippen LogP contribution in [-0.2, 0) is 0 Å². The lowest BCUT2D eigenvalue weighted by atomic mass is 10.0. The third-order valence-electron chi connectivity index (χ3n) is 5.24. The molecule has 0 atom stereocenters. The van der Waals surface area contributed by atoms with Crippen LogP contribution >= 0.6 is 11.6 Å². The topological polar surface area (TPSA) is 102 Å². The highest BCUT2D eigenvalue weighted by atomic mass is 35.5. The van der Waals surface area contributed by atoms with Gasteiger partial charge in [0.2, 0.25) is 0 Å². The number of carbonyl (C=O) groups excluding carboxylic acids is 2. The molecule has 190 valence electrons. The Labute approximate surface area is 218 Å². The summed E-state index contributed by atoms with van der Waals surface area (Å²) >= 11 is 5.90. The van der Waals surface area contributed by atoms with E-state index in [4.69, 9.17) is 21.1 Å². The highest BCUT2D eigenvalue weighted by Gasteiger charge is 2.17. The smallest absolute Gasteiger partial charge is 0.251 e. The van der Waals surface area contributed by atoms with Crippen LogP contribution in [0.25, 0.3) is 16.8 Å². The molecular formula is C27H24ClFN4O4. The summed E-state index contributed by atoms with van der Waals surface area (Å²) in [5.41, 5.74) is 2.49. The number of nitrogens with one attached hydrogen (secondary N) is 1. The summed E-state index contributed by atoms with van der Waals surface area (Å²) in [7, 11) is 4.56. The molecule has 0 aliphatic carbocycles. The van der Waals surface area contributed by atoms with E-state index in [2.05, 4.69) is 27.0 Å². The van der Waals surface area contributed by atoms with Crippen molar-refractivity contribution in [2.45, 2.75) is 0 Å². The number of pyridine rings is 1. The number of ketones is 1. The van der Waals surface area contributed by atoms with Crippen molar-refractivity contribution < 1.29 is 23.5 Å². The minimum Gasteiger partial charge on any atom is -0.496 e. The lowest BCUT2D eigenvalue weighted by Gasteiger charge is -2.12. The lowest BCUT2D eigenvalue weighted by Crippen LogP contribution is -2.30. The number of nitrogens with zero attached hydrogens (tertiary/aromatic N) is 3. The first kappa shape index (κ1) is 27.2. The van der Waals surface area contributed by atoms with Crippen molar-refractivity contribution in [1.82, 2.24) is 10.3 Å². The monoisotopic (exact) mass is 522 g/mol. The van der Waals surface area contributed by atoms with Gasteiger partial charge in [-0.05, 0) is 55.2 Å². The van der Waals surface area contributed by atoms with Gasteiger partial charge in [0.1, 0.15) is 28.7 Å². The molecule has 0 fully saturated rings. The molecule has 0 saturated carbocycles. The maximum Gasteiger partial charge on any atom is 0.251 e. The summed E-state index contributed by atoms with van der Waals surface area (Å²) in [6.45, 7) is 3.15. The Hall–Kier alpha value is -4.37. The summed E-state index contributed by atoms with van der Waals surface area (Å²) in [6, 6.07) is 12.0. The summed E-state index contributed by atoms with van der Waals surface area (Å²) in [4.78, 5) is 37.7. The van der Waals surface area contributed by atoms with E-state index in [1.54, 1.807) is 37.5 Å². The molecule has 8 nitrogen and oxygen atoms in total. The van der Waals surface area contributed by atoms with Crippen LogP contribution in [0.4, 0.5) is 4.39 Å². The average Bonchev–Trinajstić information content (AvgIpc) is 2.92. The van der Waals surface area contributed by atoms with Gasteiger partial charge in [-0.1, -0.05) is 11.6 Å². The second-order valence-electron chi connectivity index (χ2n) is 7.55. The third kappa shape index (κ3) is 6.45. The van der Waals surface area contributed by atoms with Gasteiger partial charge in [-0.25, -0.2) is 9.37 Å². The molecule has 1 amide bonds. The van der Waals surface area contributed by atoms with Crippen LogP contribution in [0.3, 0.4) is 0 Å². The Morgan fingerprint density at radius 2 is 1.86 bits per heavy atom. The second-order valence-corrected chi connectivity index (χ2v) is 7.96. The Bertz CT molecular complexity index is 1410. The predicted octanol–water partition coefficient (Wildman–Crippen LogP) is 4.91. The van der Waals surface area contributed by atoms with Crippen LogP contribution < -0.4 is 14.8 Å². The SMILES string of the molecule is C=N/C=C(\C=N/C)c1ccc(C(=O)NCC(=O)c2ccc(OC)c(-c3ccc(F)c(Cl)c3)n2)cc1OC. The molecule has 0 aliphatic rings. The number of rotatable bonds is 10. The van der Waals surface area contributed by atoms with Crippen molar-refractivity contribution in [2.24, 2.45) is 9.98 Å². The van der Waals surface area contributed by atoms with E-state index in [-0.39, 0.29) is 22.8 Å². The molecule has 2 aromatic carbocycles. The van der Waals surface area contributed by atoms with E-state index < -0.39 is 17.5 Å². The zero-order valence-corrected chi connectivity index (χ0v) is 21.2. The number of methoxy groups -OCH3 is 2. The van der Waals surface area contributed by atoms with Crippen molar-refractivity contribution in [2.75, 3.05) is 27.8 Å². The maximum atomic E-state index is 13.6. The van der Waals surface area contributed by atoms with Crippen molar-refractivity contribution in [3.8, 4) is 22.8 Å². The first-order valence-corrected chi connectivity index (χ1v) is 11.3. The van der Waals surface area contributed by atoms with Crippen molar-refractivity contribution in [3.63, 3.8) is 0 Å². The van der Waals surface area contributed by atoms with E-state index in [1.807, 2.05) is 0 Å². The van der Waals surface area contributed by atoms with Crippen molar-refractivity contribution in [3.05, 3.63) is 82.4 Å². The van der Waals surface area contributed by atoms with Crippen LogP contribution in [0.1, 0.15) is 26.4 Å². The van der Waals surface area contributed by atoms with Gasteiger partial charge in [-0.2, -0.15) is 0 Å². The number of aliphatic imine (C=N–C) groups is 2. The van der Waals surface area contributed by atoms with E-state index in [1.165, 1.54) is 44.7 Å². The fourth-order valence-corrected chi connectivity index (χ4v) is 3.63. The number of hydrogen-bond acceptors (Lipinski definition) is 7. The van der Waals surface area contributed by atoms with Gasteiger partial charge in [0.05, 0.1) is 25.8 Å². The van der Waals surface area contributed by atoms with Gasteiger partial charge >= 0.3 is 0 Å². The second kappa shape index (κ2) is 12.5. The quantitative estimate of drug-likeness (QED) is 0.301. The maximum absolute atomic E-state index is 13.6. The fraction of sp³-hybridized carbons (Fsp3) is 0.148. The van der Waals surface area contributed by atoms with Crippen LogP contribution in [0.2, 0.25) is 5.02 Å². The van der Waals surface area contributed by atoms with Crippen LogP contribution in [0.15, 0.2) is 64.7 Å². The standard InChI is InChI=1S/C27H24ClFN4O4/c1-30-13-18(14-31-2)19-7-5-17(12-25(19)37-4)27(35)32-15-23(34)22-9-10-24(36-3)26(33-22)16-6-8-21(29)20(28)11-16/h5-14H,1,15H2,2-4H3,(H,32,35)/b18-13+,31-14-. The van der Waals surface area contributed by atoms with Gasteiger partial charge in [-0.15, -0.1) is 0 Å². The molecule has 0 saturated heterocycles. The number of allylic oxidation sites excluding steroid dienone is 1. The largest absolute Gasteiger partial charge is 0.496 e. The molecule has 0 bridgehead atoms. The molecule has 0 unspecified atom stereocenters. The first-order chi connectivity index (χ1) is 17.8. The van der Waals surface area contributed by atoms with Crippen LogP contribution in [0.5, 0.6) is 11.5 Å². The molecule has 0 radical (unpaired) electrons. The summed E-state index contributed by atoms with van der Waals surface area (Å²) in [5.74, 6) is -0.687. The highest BCUT2D eigenvalue weighted by Crippen LogP contribution is 2.31. The van der Waals surface area contributed by atoms with E-state index in [0.29, 0.717) is 33.9 Å². The minimum absolute atomic E-state index is 0.0860. The third-order valence-corrected chi connectivity index (χ3v) is 5.53. The number of benzene rings is 2. The Kier molecular flexibility index (Phi) is 9.23. The molecule has 37 heavy (non-hydrogen) atoms. The normalized spacial score (nSPS) is 11.3. The molecule has 1 aromatic heterocycles. The number of halogens is 2. The Morgan fingerprint density at radius 3 is 2.51 bits per heavy atom. The van der Waals surface area contributed by atoms with Gasteiger partial charge in [-0.3, -0.25) is 19.6 Å². The number of carbonyl (C=O) groups is 2. The molecular weight excluding hydrogens is 499 g/mol. The van der Waals surface area contributed by atoms with Gasteiger partial charge in [0.15, 0.2) is 5.78 Å². The predicted molar refractivity (Wildman–Crippen MR) is 143 cm³/mol. The van der Waals surface area contributed by atoms with Gasteiger partial charge in [0.25, 0.3) is 5.91 Å². The van der Waals surface area contributed by atoms with Crippen LogP contribution in [0, 0.1) is 5.82 Å². The number of Topliss-reactive ketones (excluding diaryl/α,β-unsaturated/α-hetero) is 1. The molecule has 1 N–H and O–H groups in total. The molecule has 3 aromatic rings. The molecule has 0 aliphatic heterocycles. The highest BCUT2D eigenvalue weighted by molar-refractivity contribution is 6.31. The zero-order chi connectivity index (χ0) is 26.9. The zero-order valence-electron chi connectivity index (χ0n) is 20.4. The Morgan fingerprint density at radius 1 is 1.11 bits per heavy atom. The summed E-state index contributed by atoms with van der Waals surface area (Å²) < 4.78 is 24.4. The number of hydrogen-bond donors (Lipinski definition) is 1. The molecule has 1 heterocycles. The van der Waals surface area contributed by atoms with E-state index >= 15 is 0 Å². The van der Waals surface area contributed by atoms with E-state index in [0.717, 1.165) is 0 Å². The summed E-state index contributed by atoms with van der Waals surface area (Å²) in [6.07, 6.45) is 3.13. The molecule has 10 heteroatoms. The number of amides is 1.